The first-order valence-corrected chi connectivity index (χ1v) is 19.1. The number of aliphatic hydroxyl groups is 2. The highest BCUT2D eigenvalue weighted by Crippen LogP contribution is 2.43. The molecule has 0 bridgehead atoms. The van der Waals surface area contributed by atoms with Crippen LogP contribution in [0.4, 0.5) is 0 Å². The number of hydrogen-bond acceptors (Lipinski definition) is 9. The average molecular weight is 665 g/mol. The van der Waals surface area contributed by atoms with E-state index >= 15 is 0 Å². The van der Waals surface area contributed by atoms with E-state index in [1.165, 1.54) is 57.8 Å². The van der Waals surface area contributed by atoms with Crippen molar-refractivity contribution < 1.29 is 47.8 Å². The third-order valence-corrected chi connectivity index (χ3v) is 8.37. The summed E-state index contributed by atoms with van der Waals surface area (Å²) in [5.41, 5.74) is 0. The van der Waals surface area contributed by atoms with Crippen LogP contribution >= 0.6 is 7.82 Å². The summed E-state index contributed by atoms with van der Waals surface area (Å²) in [7, 11) is -4.60. The van der Waals surface area contributed by atoms with Crippen molar-refractivity contribution in [1.82, 2.24) is 0 Å². The molecule has 1 unspecified atom stereocenters. The molecule has 10 nitrogen and oxygen atoms in total. The highest BCUT2D eigenvalue weighted by atomic mass is 31.2. The van der Waals surface area contributed by atoms with Crippen LogP contribution in [0.2, 0.25) is 0 Å². The number of rotatable bonds is 33. The Labute approximate surface area is 273 Å². The monoisotopic (exact) mass is 664 g/mol. The zero-order chi connectivity index (χ0) is 33.4. The largest absolute Gasteiger partial charge is 0.472 e. The predicted molar refractivity (Wildman–Crippen MR) is 178 cm³/mol. The van der Waals surface area contributed by atoms with Gasteiger partial charge in [-0.25, -0.2) is 4.57 Å². The van der Waals surface area contributed by atoms with Crippen molar-refractivity contribution >= 4 is 19.8 Å². The van der Waals surface area contributed by atoms with Crippen LogP contribution in [0.25, 0.3) is 0 Å². The number of carbonyl (C=O) groups is 2. The molecule has 11 heteroatoms. The normalized spacial score (nSPS) is 14.3. The van der Waals surface area contributed by atoms with E-state index in [1.54, 1.807) is 0 Å². The summed E-state index contributed by atoms with van der Waals surface area (Å²) in [4.78, 5) is 34.6. The molecule has 0 aromatic heterocycles. The van der Waals surface area contributed by atoms with Gasteiger partial charge in [-0.2, -0.15) is 0 Å². The van der Waals surface area contributed by atoms with Crippen molar-refractivity contribution in [1.29, 1.82) is 0 Å². The SMILES string of the molecule is CCCC/C=C/CCCCCCCC(=O)OC[C@H](COP(=O)(O)OC[C@@H](O)CO)OC(=O)CCCCCCCCCCCCC. The third-order valence-electron chi connectivity index (χ3n) is 7.42. The number of hydrogen-bond donors (Lipinski definition) is 3. The first kappa shape index (κ1) is 43.7. The van der Waals surface area contributed by atoms with Gasteiger partial charge in [-0.3, -0.25) is 18.6 Å². The minimum atomic E-state index is -4.60. The van der Waals surface area contributed by atoms with Crippen molar-refractivity contribution in [2.75, 3.05) is 26.4 Å². The summed E-state index contributed by atoms with van der Waals surface area (Å²) < 4.78 is 32.4. The molecular weight excluding hydrogens is 599 g/mol. The highest BCUT2D eigenvalue weighted by Gasteiger charge is 2.27. The number of unbranched alkanes of at least 4 members (excludes halogenated alkanes) is 17. The minimum absolute atomic E-state index is 0.186. The van der Waals surface area contributed by atoms with E-state index < -0.39 is 51.8 Å². The molecule has 3 atom stereocenters. The quantitative estimate of drug-likeness (QED) is 0.0272. The molecule has 0 aromatic rings. The topological polar surface area (TPSA) is 149 Å². The van der Waals surface area contributed by atoms with Crippen LogP contribution in [0.1, 0.15) is 155 Å². The van der Waals surface area contributed by atoms with Crippen molar-refractivity contribution in [3.8, 4) is 0 Å². The molecule has 0 aromatic carbocycles. The molecule has 0 saturated carbocycles. The molecule has 0 fully saturated rings. The molecule has 266 valence electrons. The molecule has 0 aliphatic heterocycles. The zero-order valence-corrected chi connectivity index (χ0v) is 29.2. The van der Waals surface area contributed by atoms with Gasteiger partial charge in [0.25, 0.3) is 0 Å². The van der Waals surface area contributed by atoms with E-state index in [0.29, 0.717) is 12.8 Å². The number of phosphoric acid groups is 1. The predicted octanol–water partition coefficient (Wildman–Crippen LogP) is 8.11. The fraction of sp³-hybridized carbons (Fsp3) is 0.882. The maximum Gasteiger partial charge on any atom is 0.472 e. The summed E-state index contributed by atoms with van der Waals surface area (Å²) in [6.07, 6.45) is 24.7. The fourth-order valence-electron chi connectivity index (χ4n) is 4.62. The van der Waals surface area contributed by atoms with Gasteiger partial charge in [-0.1, -0.05) is 122 Å². The van der Waals surface area contributed by atoms with E-state index in [0.717, 1.165) is 57.8 Å². The second-order valence-corrected chi connectivity index (χ2v) is 13.4. The van der Waals surface area contributed by atoms with Crippen molar-refractivity contribution in [3.05, 3.63) is 12.2 Å². The number of carbonyl (C=O) groups excluding carboxylic acids is 2. The lowest BCUT2D eigenvalue weighted by Crippen LogP contribution is -2.29. The minimum Gasteiger partial charge on any atom is -0.462 e. The van der Waals surface area contributed by atoms with Gasteiger partial charge in [0.2, 0.25) is 0 Å². The number of ether oxygens (including phenoxy) is 2. The number of aliphatic hydroxyl groups excluding tert-OH is 2. The molecule has 0 rings (SSSR count). The number of phosphoric ester groups is 1. The summed E-state index contributed by atoms with van der Waals surface area (Å²) in [6.45, 7) is 2.30. The standard InChI is InChI=1S/C34H65O10P/c1-3-5-7-9-11-13-15-17-19-21-23-25-33(37)41-29-32(30-43-45(39,40)42-28-31(36)27-35)44-34(38)26-24-22-20-18-16-14-12-10-8-6-4-2/h9,11,31-32,35-36H,3-8,10,12-30H2,1-2H3,(H,39,40)/b11-9+/t31-,32+/m0/s1. The molecule has 3 N–H and O–H groups in total. The van der Waals surface area contributed by atoms with Crippen LogP contribution in [-0.4, -0.2) is 65.7 Å². The van der Waals surface area contributed by atoms with Crippen molar-refractivity contribution in [3.63, 3.8) is 0 Å². The summed E-state index contributed by atoms with van der Waals surface area (Å²) in [5.74, 6) is -0.935. The maximum absolute atomic E-state index is 12.5. The van der Waals surface area contributed by atoms with E-state index in [-0.39, 0.29) is 19.4 Å². The van der Waals surface area contributed by atoms with Crippen LogP contribution in [-0.2, 0) is 32.7 Å². The van der Waals surface area contributed by atoms with Gasteiger partial charge in [0, 0.05) is 12.8 Å². The van der Waals surface area contributed by atoms with Gasteiger partial charge >= 0.3 is 19.8 Å². The van der Waals surface area contributed by atoms with Gasteiger partial charge < -0.3 is 24.6 Å². The Bertz CT molecular complexity index is 776. The molecular formula is C34H65O10P. The van der Waals surface area contributed by atoms with E-state index in [4.69, 9.17) is 19.1 Å². The highest BCUT2D eigenvalue weighted by molar-refractivity contribution is 7.47. The van der Waals surface area contributed by atoms with Crippen LogP contribution in [0.15, 0.2) is 12.2 Å². The van der Waals surface area contributed by atoms with Gasteiger partial charge in [0.1, 0.15) is 12.7 Å². The molecule has 0 heterocycles. The molecule has 0 aliphatic carbocycles. The lowest BCUT2D eigenvalue weighted by Gasteiger charge is -2.20. The summed E-state index contributed by atoms with van der Waals surface area (Å²) in [6, 6.07) is 0. The van der Waals surface area contributed by atoms with Gasteiger partial charge in [0.15, 0.2) is 6.10 Å². The first-order valence-electron chi connectivity index (χ1n) is 17.6. The lowest BCUT2D eigenvalue weighted by molar-refractivity contribution is -0.161. The Kier molecular flexibility index (Phi) is 30.4. The maximum atomic E-state index is 12.5. The van der Waals surface area contributed by atoms with Crippen molar-refractivity contribution in [2.24, 2.45) is 0 Å². The zero-order valence-electron chi connectivity index (χ0n) is 28.3. The van der Waals surface area contributed by atoms with E-state index in [1.807, 2.05) is 0 Å². The van der Waals surface area contributed by atoms with Gasteiger partial charge in [-0.05, 0) is 32.1 Å². The Morgan fingerprint density at radius 2 is 1.11 bits per heavy atom. The number of esters is 2. The third kappa shape index (κ3) is 31.1. The molecule has 0 spiro atoms. The lowest BCUT2D eigenvalue weighted by atomic mass is 10.1. The smallest absolute Gasteiger partial charge is 0.462 e. The van der Waals surface area contributed by atoms with Crippen LogP contribution in [0.5, 0.6) is 0 Å². The molecule has 0 saturated heterocycles. The number of allylic oxidation sites excluding steroid dienone is 2. The summed E-state index contributed by atoms with van der Waals surface area (Å²) in [5, 5.41) is 18.2. The van der Waals surface area contributed by atoms with Gasteiger partial charge in [0.05, 0.1) is 19.8 Å². The average Bonchev–Trinajstić information content (AvgIpc) is 3.02. The second kappa shape index (κ2) is 31.3. The fourth-order valence-corrected chi connectivity index (χ4v) is 5.41. The van der Waals surface area contributed by atoms with Crippen LogP contribution < -0.4 is 0 Å². The summed E-state index contributed by atoms with van der Waals surface area (Å²) >= 11 is 0. The Morgan fingerprint density at radius 1 is 0.644 bits per heavy atom. The van der Waals surface area contributed by atoms with E-state index in [2.05, 4.69) is 30.5 Å². The Hall–Kier alpha value is -1.29. The van der Waals surface area contributed by atoms with Crippen LogP contribution in [0, 0.1) is 0 Å². The van der Waals surface area contributed by atoms with E-state index in [9.17, 15) is 24.2 Å². The van der Waals surface area contributed by atoms with Crippen molar-refractivity contribution in [2.45, 2.75) is 167 Å². The molecule has 0 radical (unpaired) electrons. The van der Waals surface area contributed by atoms with Crippen LogP contribution in [0.3, 0.4) is 0 Å². The first-order chi connectivity index (χ1) is 21.7. The molecule has 0 aliphatic rings. The Morgan fingerprint density at radius 3 is 1.67 bits per heavy atom. The second-order valence-electron chi connectivity index (χ2n) is 11.9. The molecule has 0 amide bonds. The van der Waals surface area contributed by atoms with Gasteiger partial charge in [-0.15, -0.1) is 0 Å². The Balaban J connectivity index is 4.42. The molecule has 45 heavy (non-hydrogen) atoms.